The highest BCUT2D eigenvalue weighted by Crippen LogP contribution is 2.37. The molecular formula is C10H20N2O. The van der Waals surface area contributed by atoms with Crippen molar-refractivity contribution in [2.45, 2.75) is 38.0 Å². The van der Waals surface area contributed by atoms with E-state index in [1.165, 1.54) is 0 Å². The first-order valence-electron chi connectivity index (χ1n) is 5.17. The minimum Gasteiger partial charge on any atom is -0.392 e. The first-order chi connectivity index (χ1) is 6.03. The highest BCUT2D eigenvalue weighted by atomic mass is 16.3. The zero-order chi connectivity index (χ0) is 9.64. The molecule has 0 bridgehead atoms. The fraction of sp³-hybridized carbons (Fsp3) is 1.00. The molecule has 13 heavy (non-hydrogen) atoms. The Morgan fingerprint density at radius 3 is 2.38 bits per heavy atom. The number of likely N-dealkylation sites (tertiary alicyclic amines) is 2. The van der Waals surface area contributed by atoms with E-state index in [9.17, 15) is 5.11 Å². The average molecular weight is 184 g/mol. The monoisotopic (exact) mass is 184 g/mol. The maximum Gasteiger partial charge on any atom is 0.0685 e. The van der Waals surface area contributed by atoms with Gasteiger partial charge in [0.25, 0.3) is 0 Å². The van der Waals surface area contributed by atoms with Crippen molar-refractivity contribution in [3.63, 3.8) is 0 Å². The molecule has 1 N–H and O–H groups in total. The number of hydrogen-bond acceptors (Lipinski definition) is 3. The second kappa shape index (κ2) is 2.94. The molecule has 3 nitrogen and oxygen atoms in total. The van der Waals surface area contributed by atoms with Gasteiger partial charge in [-0.25, -0.2) is 0 Å². The summed E-state index contributed by atoms with van der Waals surface area (Å²) in [5.74, 6) is 0. The molecule has 0 saturated carbocycles. The van der Waals surface area contributed by atoms with Crippen LogP contribution in [-0.2, 0) is 0 Å². The average Bonchev–Trinajstić information content (AvgIpc) is 2.21. The van der Waals surface area contributed by atoms with Crippen molar-refractivity contribution in [3.8, 4) is 0 Å². The molecule has 0 aliphatic carbocycles. The Kier molecular flexibility index (Phi) is 2.13. The van der Waals surface area contributed by atoms with Gasteiger partial charge in [0.1, 0.15) is 0 Å². The molecule has 0 amide bonds. The van der Waals surface area contributed by atoms with Gasteiger partial charge in [0.05, 0.1) is 6.10 Å². The summed E-state index contributed by atoms with van der Waals surface area (Å²) >= 11 is 0. The van der Waals surface area contributed by atoms with Crippen molar-refractivity contribution in [2.24, 2.45) is 0 Å². The Labute approximate surface area is 80.3 Å². The van der Waals surface area contributed by atoms with E-state index in [4.69, 9.17) is 0 Å². The van der Waals surface area contributed by atoms with Crippen LogP contribution in [0.15, 0.2) is 0 Å². The molecule has 2 rings (SSSR count). The normalized spacial score (nSPS) is 34.4. The van der Waals surface area contributed by atoms with Gasteiger partial charge < -0.3 is 5.11 Å². The highest BCUT2D eigenvalue weighted by molar-refractivity contribution is 5.09. The van der Waals surface area contributed by atoms with Gasteiger partial charge in [-0.2, -0.15) is 0 Å². The minimum absolute atomic E-state index is 0.0979. The molecule has 0 aromatic rings. The van der Waals surface area contributed by atoms with Crippen molar-refractivity contribution >= 4 is 0 Å². The quantitative estimate of drug-likeness (QED) is 0.628. The van der Waals surface area contributed by atoms with Gasteiger partial charge in [-0.3, -0.25) is 9.80 Å². The number of β-amino-alcohol motifs (C(OH)–C–C–N with tert-alkyl or cyclic N) is 1. The number of aliphatic hydroxyl groups excluding tert-OH is 1. The van der Waals surface area contributed by atoms with Gasteiger partial charge in [0.15, 0.2) is 0 Å². The summed E-state index contributed by atoms with van der Waals surface area (Å²) in [6, 6.07) is 0.650. The van der Waals surface area contributed by atoms with Gasteiger partial charge >= 0.3 is 0 Å². The molecule has 0 aromatic carbocycles. The molecule has 1 atom stereocenters. The number of nitrogens with zero attached hydrogens (tertiary/aromatic N) is 2. The predicted molar refractivity (Wildman–Crippen MR) is 52.7 cm³/mol. The van der Waals surface area contributed by atoms with Crippen LogP contribution in [-0.4, -0.2) is 59.3 Å². The van der Waals surface area contributed by atoms with Crippen molar-refractivity contribution in [1.29, 1.82) is 0 Å². The lowest BCUT2D eigenvalue weighted by Gasteiger charge is -2.53. The first-order valence-corrected chi connectivity index (χ1v) is 5.17. The second-order valence-corrected chi connectivity index (χ2v) is 4.96. The Morgan fingerprint density at radius 2 is 2.00 bits per heavy atom. The summed E-state index contributed by atoms with van der Waals surface area (Å²) in [5, 5.41) is 9.56. The third-order valence-corrected chi connectivity index (χ3v) is 3.64. The molecule has 76 valence electrons. The van der Waals surface area contributed by atoms with E-state index in [1.807, 2.05) is 0 Å². The van der Waals surface area contributed by atoms with Crippen LogP contribution in [0.25, 0.3) is 0 Å². The maximum absolute atomic E-state index is 9.56. The lowest BCUT2D eigenvalue weighted by atomic mass is 9.85. The molecule has 2 aliphatic rings. The Balaban J connectivity index is 1.96. The Bertz CT molecular complexity index is 199. The van der Waals surface area contributed by atoms with Crippen LogP contribution in [0.5, 0.6) is 0 Å². The zero-order valence-corrected chi connectivity index (χ0v) is 8.82. The van der Waals surface area contributed by atoms with Gasteiger partial charge in [0, 0.05) is 31.2 Å². The van der Waals surface area contributed by atoms with E-state index in [0.717, 1.165) is 26.1 Å². The number of likely N-dealkylation sites (N-methyl/N-ethyl adjacent to an activating group) is 1. The van der Waals surface area contributed by atoms with Gasteiger partial charge in [-0.05, 0) is 27.3 Å². The van der Waals surface area contributed by atoms with Crippen molar-refractivity contribution < 1.29 is 5.11 Å². The standard InChI is InChI=1S/C10H20N2O/c1-8(2)12-6-10(7-12)4-9(13)5-11(10)3/h8-9,13H,4-7H2,1-3H3. The summed E-state index contributed by atoms with van der Waals surface area (Å²) in [6.45, 7) is 7.60. The first kappa shape index (κ1) is 9.44. The van der Waals surface area contributed by atoms with Crippen LogP contribution in [0.3, 0.4) is 0 Å². The molecule has 2 fully saturated rings. The molecule has 2 aliphatic heterocycles. The number of aliphatic hydroxyl groups is 1. The maximum atomic E-state index is 9.56. The fourth-order valence-corrected chi connectivity index (χ4v) is 2.61. The lowest BCUT2D eigenvalue weighted by molar-refractivity contribution is -0.0356. The van der Waals surface area contributed by atoms with Gasteiger partial charge in [-0.15, -0.1) is 0 Å². The van der Waals surface area contributed by atoms with E-state index in [1.54, 1.807) is 0 Å². The van der Waals surface area contributed by atoms with E-state index in [2.05, 4.69) is 30.7 Å². The summed E-state index contributed by atoms with van der Waals surface area (Å²) in [4.78, 5) is 4.80. The van der Waals surface area contributed by atoms with Crippen LogP contribution < -0.4 is 0 Å². The molecular weight excluding hydrogens is 164 g/mol. The van der Waals surface area contributed by atoms with E-state index in [0.29, 0.717) is 11.6 Å². The van der Waals surface area contributed by atoms with Crippen LogP contribution in [0, 0.1) is 0 Å². The third kappa shape index (κ3) is 1.39. The number of rotatable bonds is 1. The fourth-order valence-electron chi connectivity index (χ4n) is 2.61. The molecule has 0 aromatic heterocycles. The Hall–Kier alpha value is -0.120. The molecule has 2 heterocycles. The van der Waals surface area contributed by atoms with E-state index in [-0.39, 0.29) is 6.10 Å². The molecule has 0 radical (unpaired) electrons. The predicted octanol–water partition coefficient (Wildman–Crippen LogP) is 0.146. The van der Waals surface area contributed by atoms with Gasteiger partial charge in [0.2, 0.25) is 0 Å². The van der Waals surface area contributed by atoms with E-state index < -0.39 is 0 Å². The van der Waals surface area contributed by atoms with Crippen LogP contribution in [0.4, 0.5) is 0 Å². The Morgan fingerprint density at radius 1 is 1.38 bits per heavy atom. The zero-order valence-electron chi connectivity index (χ0n) is 8.82. The summed E-state index contributed by atoms with van der Waals surface area (Å²) in [6.07, 6.45) is 0.867. The molecule has 3 heteroatoms. The third-order valence-electron chi connectivity index (χ3n) is 3.64. The highest BCUT2D eigenvalue weighted by Gasteiger charge is 2.51. The SMILES string of the molecule is CC(C)N1CC2(CC(O)CN2C)C1. The van der Waals surface area contributed by atoms with E-state index >= 15 is 0 Å². The smallest absolute Gasteiger partial charge is 0.0685 e. The summed E-state index contributed by atoms with van der Waals surface area (Å²) in [5.41, 5.74) is 0.309. The second-order valence-electron chi connectivity index (χ2n) is 4.96. The van der Waals surface area contributed by atoms with Gasteiger partial charge in [-0.1, -0.05) is 0 Å². The van der Waals surface area contributed by atoms with Crippen LogP contribution >= 0.6 is 0 Å². The summed E-state index contributed by atoms with van der Waals surface area (Å²) < 4.78 is 0. The largest absolute Gasteiger partial charge is 0.392 e. The molecule has 1 spiro atoms. The van der Waals surface area contributed by atoms with Crippen LogP contribution in [0.2, 0.25) is 0 Å². The topological polar surface area (TPSA) is 26.7 Å². The van der Waals surface area contributed by atoms with Crippen molar-refractivity contribution in [3.05, 3.63) is 0 Å². The van der Waals surface area contributed by atoms with Crippen LogP contribution in [0.1, 0.15) is 20.3 Å². The molecule has 1 unspecified atom stereocenters. The summed E-state index contributed by atoms with van der Waals surface area (Å²) in [7, 11) is 2.13. The number of hydrogen-bond donors (Lipinski definition) is 1. The van der Waals surface area contributed by atoms with Crippen molar-refractivity contribution in [2.75, 3.05) is 26.7 Å². The lowest BCUT2D eigenvalue weighted by Crippen LogP contribution is -2.68. The molecule has 2 saturated heterocycles. The minimum atomic E-state index is -0.0979. The van der Waals surface area contributed by atoms with Crippen molar-refractivity contribution in [1.82, 2.24) is 9.80 Å².